The minimum absolute atomic E-state index is 0.630. The first-order chi connectivity index (χ1) is 11.2. The molecule has 0 aliphatic carbocycles. The number of tetrazole rings is 1. The van der Waals surface area contributed by atoms with Crippen LogP contribution in [-0.2, 0) is 6.54 Å². The normalized spacial score (nSPS) is 11.2. The van der Waals surface area contributed by atoms with Gasteiger partial charge in [0.15, 0.2) is 0 Å². The number of fused-ring (bicyclic) bond motifs is 1. The van der Waals surface area contributed by atoms with Crippen molar-refractivity contribution in [1.82, 2.24) is 25.2 Å². The topological polar surface area (TPSA) is 59.4 Å². The van der Waals surface area contributed by atoms with Crippen LogP contribution in [0.25, 0.3) is 22.4 Å². The van der Waals surface area contributed by atoms with Crippen LogP contribution < -0.4 is 0 Å². The number of para-hydroxylation sites is 1. The third-order valence-electron chi connectivity index (χ3n) is 4.24. The number of rotatable bonds is 3. The van der Waals surface area contributed by atoms with Crippen LogP contribution in [0.2, 0.25) is 0 Å². The second-order valence-electron chi connectivity index (χ2n) is 5.80. The highest BCUT2D eigenvalue weighted by atomic mass is 15.5. The zero-order valence-corrected chi connectivity index (χ0v) is 13.1. The average molecular weight is 303 g/mol. The molecule has 4 rings (SSSR count). The molecule has 0 unspecified atom stereocenters. The van der Waals surface area contributed by atoms with Gasteiger partial charge in [-0.15, -0.1) is 10.2 Å². The highest BCUT2D eigenvalue weighted by Gasteiger charge is 2.18. The molecule has 4 aromatic rings. The van der Waals surface area contributed by atoms with Gasteiger partial charge in [-0.05, 0) is 36.3 Å². The fraction of sp³-hybridized carbons (Fsp3) is 0.167. The van der Waals surface area contributed by atoms with Crippen LogP contribution in [0.5, 0.6) is 0 Å². The first kappa shape index (κ1) is 13.7. The molecule has 0 bridgehead atoms. The summed E-state index contributed by atoms with van der Waals surface area (Å²) >= 11 is 0. The molecule has 114 valence electrons. The second-order valence-corrected chi connectivity index (χ2v) is 5.80. The quantitative estimate of drug-likeness (QED) is 0.630. The number of aryl methyl sites for hydroxylation is 2. The van der Waals surface area contributed by atoms with Crippen molar-refractivity contribution in [3.05, 3.63) is 65.2 Å². The largest absolute Gasteiger partial charge is 0.333 e. The van der Waals surface area contributed by atoms with E-state index in [9.17, 15) is 0 Å². The summed E-state index contributed by atoms with van der Waals surface area (Å²) in [4.78, 5) is 0. The van der Waals surface area contributed by atoms with Gasteiger partial charge in [0.05, 0.1) is 5.69 Å². The Morgan fingerprint density at radius 1 is 1.00 bits per heavy atom. The van der Waals surface area contributed by atoms with Crippen molar-refractivity contribution in [3.63, 3.8) is 0 Å². The third kappa shape index (κ3) is 2.30. The Morgan fingerprint density at radius 2 is 1.78 bits per heavy atom. The first-order valence-corrected chi connectivity index (χ1v) is 7.61. The number of benzene rings is 2. The summed E-state index contributed by atoms with van der Waals surface area (Å²) in [7, 11) is 0. The molecule has 0 fully saturated rings. The summed E-state index contributed by atoms with van der Waals surface area (Å²) < 4.78 is 2.26. The van der Waals surface area contributed by atoms with Crippen LogP contribution in [0.1, 0.15) is 16.7 Å². The number of nitrogens with zero attached hydrogens (tertiary/aromatic N) is 4. The van der Waals surface area contributed by atoms with Crippen LogP contribution in [-0.4, -0.2) is 25.2 Å². The molecule has 0 spiro atoms. The monoisotopic (exact) mass is 303 g/mol. The number of aromatic nitrogens is 5. The lowest BCUT2D eigenvalue weighted by Crippen LogP contribution is -2.03. The molecule has 2 heterocycles. The number of nitrogens with one attached hydrogen (secondary N) is 1. The highest BCUT2D eigenvalue weighted by molar-refractivity contribution is 5.90. The molecule has 0 saturated heterocycles. The van der Waals surface area contributed by atoms with E-state index < -0.39 is 0 Å². The number of hydrogen-bond acceptors (Lipinski definition) is 3. The molecule has 5 nitrogen and oxygen atoms in total. The maximum atomic E-state index is 4.19. The summed E-state index contributed by atoms with van der Waals surface area (Å²) in [5, 5.41) is 15.9. The van der Waals surface area contributed by atoms with Gasteiger partial charge in [0.2, 0.25) is 5.82 Å². The van der Waals surface area contributed by atoms with E-state index >= 15 is 0 Å². The van der Waals surface area contributed by atoms with Crippen LogP contribution in [0.3, 0.4) is 0 Å². The molecular weight excluding hydrogens is 286 g/mol. The van der Waals surface area contributed by atoms with E-state index in [1.807, 2.05) is 0 Å². The average Bonchev–Trinajstić information content (AvgIpc) is 3.18. The molecular formula is C18H17N5. The van der Waals surface area contributed by atoms with Crippen molar-refractivity contribution in [3.8, 4) is 11.5 Å². The highest BCUT2D eigenvalue weighted by Crippen LogP contribution is 2.31. The Hall–Kier alpha value is -2.95. The summed E-state index contributed by atoms with van der Waals surface area (Å²) in [5.74, 6) is 0.630. The molecule has 2 aromatic heterocycles. The number of hydrogen-bond donors (Lipinski definition) is 1. The van der Waals surface area contributed by atoms with Crippen molar-refractivity contribution in [2.45, 2.75) is 20.4 Å². The van der Waals surface area contributed by atoms with Crippen molar-refractivity contribution in [1.29, 1.82) is 0 Å². The maximum Gasteiger partial charge on any atom is 0.221 e. The van der Waals surface area contributed by atoms with Crippen LogP contribution >= 0.6 is 0 Å². The molecule has 23 heavy (non-hydrogen) atoms. The minimum atomic E-state index is 0.630. The van der Waals surface area contributed by atoms with E-state index in [-0.39, 0.29) is 0 Å². The first-order valence-electron chi connectivity index (χ1n) is 7.61. The molecule has 0 saturated carbocycles. The molecule has 0 aliphatic rings. The van der Waals surface area contributed by atoms with Gasteiger partial charge in [-0.2, -0.15) is 5.21 Å². The van der Waals surface area contributed by atoms with Crippen LogP contribution in [0, 0.1) is 13.8 Å². The SMILES string of the molecule is Cc1ccc(Cn2c(-c3nn[nH]n3)c(C)c3ccccc32)cc1. The van der Waals surface area contributed by atoms with Gasteiger partial charge in [-0.1, -0.05) is 48.0 Å². The standard InChI is InChI=1S/C18H17N5/c1-12-7-9-14(10-8-12)11-23-16-6-4-3-5-15(16)13(2)17(23)18-19-21-22-20-18/h3-10H,11H2,1-2H3,(H,19,20,21,22). The van der Waals surface area contributed by atoms with Gasteiger partial charge in [-0.3, -0.25) is 0 Å². The van der Waals surface area contributed by atoms with Gasteiger partial charge in [0.1, 0.15) is 0 Å². The minimum Gasteiger partial charge on any atom is -0.333 e. The van der Waals surface area contributed by atoms with E-state index in [2.05, 4.69) is 87.6 Å². The Labute approximate surface area is 134 Å². The predicted molar refractivity (Wildman–Crippen MR) is 90.1 cm³/mol. The Balaban J connectivity index is 1.93. The second kappa shape index (κ2) is 5.35. The Morgan fingerprint density at radius 3 is 2.52 bits per heavy atom. The van der Waals surface area contributed by atoms with Crippen LogP contribution in [0.15, 0.2) is 48.5 Å². The summed E-state index contributed by atoms with van der Waals surface area (Å²) in [5.41, 5.74) is 5.89. The van der Waals surface area contributed by atoms with Gasteiger partial charge >= 0.3 is 0 Å². The van der Waals surface area contributed by atoms with Crippen molar-refractivity contribution in [2.24, 2.45) is 0 Å². The number of aromatic amines is 1. The Kier molecular flexibility index (Phi) is 3.19. The molecule has 1 N–H and O–H groups in total. The van der Waals surface area contributed by atoms with Crippen LogP contribution in [0.4, 0.5) is 0 Å². The zero-order valence-electron chi connectivity index (χ0n) is 13.1. The lowest BCUT2D eigenvalue weighted by atomic mass is 10.1. The van der Waals surface area contributed by atoms with E-state index in [0.717, 1.165) is 12.2 Å². The lowest BCUT2D eigenvalue weighted by Gasteiger charge is -2.10. The van der Waals surface area contributed by atoms with E-state index in [1.54, 1.807) is 0 Å². The predicted octanol–water partition coefficient (Wildman–Crippen LogP) is 3.49. The third-order valence-corrected chi connectivity index (χ3v) is 4.24. The van der Waals surface area contributed by atoms with E-state index in [4.69, 9.17) is 0 Å². The van der Waals surface area contributed by atoms with Gasteiger partial charge in [0.25, 0.3) is 0 Å². The van der Waals surface area contributed by atoms with Crippen molar-refractivity contribution in [2.75, 3.05) is 0 Å². The van der Waals surface area contributed by atoms with Crippen molar-refractivity contribution >= 4 is 10.9 Å². The molecule has 5 heteroatoms. The van der Waals surface area contributed by atoms with Gasteiger partial charge in [0, 0.05) is 17.4 Å². The van der Waals surface area contributed by atoms with Gasteiger partial charge in [-0.25, -0.2) is 0 Å². The van der Waals surface area contributed by atoms with E-state index in [0.29, 0.717) is 5.82 Å². The zero-order chi connectivity index (χ0) is 15.8. The fourth-order valence-electron chi connectivity index (χ4n) is 3.07. The maximum absolute atomic E-state index is 4.19. The van der Waals surface area contributed by atoms with E-state index in [1.165, 1.54) is 27.6 Å². The fourth-order valence-corrected chi connectivity index (χ4v) is 3.07. The molecule has 0 aliphatic heterocycles. The smallest absolute Gasteiger partial charge is 0.221 e. The molecule has 0 amide bonds. The number of H-pyrrole nitrogens is 1. The summed E-state index contributed by atoms with van der Waals surface area (Å²) in [6.07, 6.45) is 0. The van der Waals surface area contributed by atoms with Gasteiger partial charge < -0.3 is 4.57 Å². The lowest BCUT2D eigenvalue weighted by molar-refractivity contribution is 0.834. The Bertz CT molecular complexity index is 949. The molecule has 0 atom stereocenters. The molecule has 2 aromatic carbocycles. The summed E-state index contributed by atoms with van der Waals surface area (Å²) in [6.45, 7) is 4.99. The van der Waals surface area contributed by atoms with Crippen molar-refractivity contribution < 1.29 is 0 Å². The summed E-state index contributed by atoms with van der Waals surface area (Å²) in [6, 6.07) is 17.0. The molecule has 0 radical (unpaired) electrons.